The van der Waals surface area contributed by atoms with Gasteiger partial charge < -0.3 is 4.74 Å². The predicted octanol–water partition coefficient (Wildman–Crippen LogP) is 5.53. The molecule has 0 spiro atoms. The van der Waals surface area contributed by atoms with Crippen LogP contribution in [0.5, 0.6) is 0 Å². The number of nitrogens with zero attached hydrogens (tertiary/aromatic N) is 1. The minimum atomic E-state index is -3.79. The maximum atomic E-state index is 13.5. The predicted molar refractivity (Wildman–Crippen MR) is 119 cm³/mol. The van der Waals surface area contributed by atoms with Gasteiger partial charge in [0.05, 0.1) is 23.1 Å². The van der Waals surface area contributed by atoms with Gasteiger partial charge in [0, 0.05) is 6.54 Å². The third-order valence-electron chi connectivity index (χ3n) is 4.74. The number of rotatable bonds is 8. The summed E-state index contributed by atoms with van der Waals surface area (Å²) < 4.78 is 33.9. The number of esters is 1. The molecule has 3 rings (SSSR count). The van der Waals surface area contributed by atoms with Crippen LogP contribution in [-0.4, -0.2) is 25.8 Å². The number of halogens is 1. The molecule has 8 heteroatoms. The van der Waals surface area contributed by atoms with Crippen molar-refractivity contribution in [3.05, 3.63) is 87.8 Å². The SMILES string of the molecule is CCC(c1ccccc1)N(Cc1ccc(C(=O)OC)cc1)S(=O)(=O)c1ccc(Cl)s1. The average Bonchev–Trinajstić information content (AvgIpc) is 3.21. The van der Waals surface area contributed by atoms with Crippen LogP contribution in [0.1, 0.15) is 40.9 Å². The lowest BCUT2D eigenvalue weighted by atomic mass is 10.0. The number of benzene rings is 2. The lowest BCUT2D eigenvalue weighted by molar-refractivity contribution is 0.0600. The van der Waals surface area contributed by atoms with E-state index in [4.69, 9.17) is 16.3 Å². The van der Waals surface area contributed by atoms with Gasteiger partial charge in [0.2, 0.25) is 0 Å². The first-order valence-corrected chi connectivity index (χ1v) is 12.0. The van der Waals surface area contributed by atoms with Gasteiger partial charge in [-0.2, -0.15) is 4.31 Å². The molecule has 0 aliphatic carbocycles. The molecule has 0 fully saturated rings. The molecule has 0 aliphatic heterocycles. The van der Waals surface area contributed by atoms with Gasteiger partial charge >= 0.3 is 5.97 Å². The number of carbonyl (C=O) groups is 1. The molecule has 0 saturated carbocycles. The minimum Gasteiger partial charge on any atom is -0.465 e. The fraction of sp³-hybridized carbons (Fsp3) is 0.227. The van der Waals surface area contributed by atoms with E-state index in [0.717, 1.165) is 22.5 Å². The van der Waals surface area contributed by atoms with Gasteiger partial charge in [-0.15, -0.1) is 11.3 Å². The Morgan fingerprint density at radius 1 is 1.07 bits per heavy atom. The van der Waals surface area contributed by atoms with Crippen LogP contribution in [0.2, 0.25) is 4.34 Å². The zero-order chi connectivity index (χ0) is 21.7. The summed E-state index contributed by atoms with van der Waals surface area (Å²) in [5, 5.41) is 0. The van der Waals surface area contributed by atoms with Crippen molar-refractivity contribution in [3.63, 3.8) is 0 Å². The molecule has 0 saturated heterocycles. The highest BCUT2D eigenvalue weighted by Gasteiger charge is 2.33. The van der Waals surface area contributed by atoms with Crippen molar-refractivity contribution in [2.45, 2.75) is 30.1 Å². The molecule has 0 radical (unpaired) electrons. The molecule has 0 amide bonds. The van der Waals surface area contributed by atoms with Crippen LogP contribution in [0.4, 0.5) is 0 Å². The molecule has 1 aromatic heterocycles. The number of sulfonamides is 1. The summed E-state index contributed by atoms with van der Waals surface area (Å²) in [7, 11) is -2.47. The van der Waals surface area contributed by atoms with Gasteiger partial charge in [0.25, 0.3) is 10.0 Å². The van der Waals surface area contributed by atoms with Crippen LogP contribution in [0.15, 0.2) is 70.9 Å². The van der Waals surface area contributed by atoms with Crippen molar-refractivity contribution in [3.8, 4) is 0 Å². The van der Waals surface area contributed by atoms with Gasteiger partial charge in [-0.3, -0.25) is 0 Å². The highest BCUT2D eigenvalue weighted by Crippen LogP contribution is 2.35. The summed E-state index contributed by atoms with van der Waals surface area (Å²) in [4.78, 5) is 11.7. The molecule has 0 bridgehead atoms. The first kappa shape index (κ1) is 22.5. The fourth-order valence-corrected chi connectivity index (χ4v) is 6.53. The molecule has 1 heterocycles. The zero-order valence-corrected chi connectivity index (χ0v) is 19.0. The second-order valence-electron chi connectivity index (χ2n) is 6.63. The fourth-order valence-electron chi connectivity index (χ4n) is 3.24. The largest absolute Gasteiger partial charge is 0.465 e. The van der Waals surface area contributed by atoms with Crippen LogP contribution in [0.25, 0.3) is 0 Å². The summed E-state index contributed by atoms with van der Waals surface area (Å²) in [6, 6.07) is 19.1. The Bertz CT molecular complexity index is 1100. The van der Waals surface area contributed by atoms with E-state index in [0.29, 0.717) is 16.3 Å². The molecule has 158 valence electrons. The van der Waals surface area contributed by atoms with E-state index in [1.54, 1.807) is 30.3 Å². The second kappa shape index (κ2) is 9.75. The Morgan fingerprint density at radius 2 is 1.73 bits per heavy atom. The third kappa shape index (κ3) is 4.92. The van der Waals surface area contributed by atoms with E-state index in [1.807, 2.05) is 37.3 Å². The van der Waals surface area contributed by atoms with Gasteiger partial charge in [-0.1, -0.05) is 61.0 Å². The quantitative estimate of drug-likeness (QED) is 0.412. The number of hydrogen-bond acceptors (Lipinski definition) is 5. The van der Waals surface area contributed by atoms with Crippen molar-refractivity contribution in [1.82, 2.24) is 4.31 Å². The zero-order valence-electron chi connectivity index (χ0n) is 16.6. The molecule has 2 aromatic carbocycles. The summed E-state index contributed by atoms with van der Waals surface area (Å²) in [5.41, 5.74) is 2.09. The van der Waals surface area contributed by atoms with E-state index in [9.17, 15) is 13.2 Å². The van der Waals surface area contributed by atoms with Gasteiger partial charge in [0.1, 0.15) is 4.21 Å². The number of thiophene rings is 1. The lowest BCUT2D eigenvalue weighted by Gasteiger charge is -2.30. The van der Waals surface area contributed by atoms with Crippen molar-refractivity contribution in [1.29, 1.82) is 0 Å². The Kier molecular flexibility index (Phi) is 7.31. The van der Waals surface area contributed by atoms with Crippen molar-refractivity contribution in [2.24, 2.45) is 0 Å². The number of ether oxygens (including phenoxy) is 1. The Morgan fingerprint density at radius 3 is 2.27 bits per heavy atom. The van der Waals surface area contributed by atoms with Crippen molar-refractivity contribution in [2.75, 3.05) is 7.11 Å². The van der Waals surface area contributed by atoms with E-state index >= 15 is 0 Å². The average molecular weight is 464 g/mol. The number of hydrogen-bond donors (Lipinski definition) is 0. The van der Waals surface area contributed by atoms with Crippen LogP contribution in [0, 0.1) is 0 Å². The van der Waals surface area contributed by atoms with E-state index in [2.05, 4.69) is 0 Å². The topological polar surface area (TPSA) is 63.7 Å². The first-order chi connectivity index (χ1) is 14.4. The molecule has 1 unspecified atom stereocenters. The van der Waals surface area contributed by atoms with Gasteiger partial charge in [0.15, 0.2) is 0 Å². The molecule has 0 aliphatic rings. The highest BCUT2D eigenvalue weighted by molar-refractivity contribution is 7.91. The summed E-state index contributed by atoms with van der Waals surface area (Å²) in [5.74, 6) is -0.435. The third-order valence-corrected chi connectivity index (χ3v) is 8.30. The lowest BCUT2D eigenvalue weighted by Crippen LogP contribution is -2.34. The van der Waals surface area contributed by atoms with Crippen LogP contribution in [-0.2, 0) is 21.3 Å². The molecular weight excluding hydrogens is 442 g/mol. The van der Waals surface area contributed by atoms with E-state index in [1.165, 1.54) is 17.5 Å². The summed E-state index contributed by atoms with van der Waals surface area (Å²) in [6.45, 7) is 2.12. The molecule has 3 aromatic rings. The van der Waals surface area contributed by atoms with Gasteiger partial charge in [-0.25, -0.2) is 13.2 Å². The first-order valence-electron chi connectivity index (χ1n) is 9.36. The molecule has 5 nitrogen and oxygen atoms in total. The van der Waals surface area contributed by atoms with Crippen molar-refractivity contribution >= 4 is 38.9 Å². The highest BCUT2D eigenvalue weighted by atomic mass is 35.5. The van der Waals surface area contributed by atoms with Crippen molar-refractivity contribution < 1.29 is 17.9 Å². The normalized spacial score (nSPS) is 12.7. The van der Waals surface area contributed by atoms with Gasteiger partial charge in [-0.05, 0) is 41.8 Å². The standard InChI is InChI=1S/C22H22ClNO4S2/c1-3-19(17-7-5-4-6-8-17)24(30(26,27)21-14-13-20(23)29-21)15-16-9-11-18(12-10-16)22(25)28-2/h4-14,19H,3,15H2,1-2H3. The molecule has 1 atom stereocenters. The number of carbonyl (C=O) groups excluding carboxylic acids is 1. The molecule has 30 heavy (non-hydrogen) atoms. The van der Waals surface area contributed by atoms with Crippen LogP contribution in [0.3, 0.4) is 0 Å². The van der Waals surface area contributed by atoms with Crippen LogP contribution < -0.4 is 0 Å². The Balaban J connectivity index is 2.02. The van der Waals surface area contributed by atoms with Crippen LogP contribution >= 0.6 is 22.9 Å². The Hall–Kier alpha value is -2.19. The summed E-state index contributed by atoms with van der Waals surface area (Å²) >= 11 is 7.05. The maximum absolute atomic E-state index is 13.5. The monoisotopic (exact) mass is 463 g/mol. The number of methoxy groups -OCH3 is 1. The molecule has 0 N–H and O–H groups in total. The summed E-state index contributed by atoms with van der Waals surface area (Å²) in [6.07, 6.45) is 0.600. The smallest absolute Gasteiger partial charge is 0.337 e. The van der Waals surface area contributed by atoms with E-state index < -0.39 is 16.0 Å². The Labute approximate surface area is 185 Å². The minimum absolute atomic E-state index is 0.159. The second-order valence-corrected chi connectivity index (χ2v) is 10.5. The maximum Gasteiger partial charge on any atom is 0.337 e. The molecular formula is C22H22ClNO4S2. The van der Waals surface area contributed by atoms with E-state index in [-0.39, 0.29) is 16.8 Å².